The summed E-state index contributed by atoms with van der Waals surface area (Å²) in [5.41, 5.74) is 1.26. The Hall–Kier alpha value is -2.60. The molecule has 138 valence electrons. The van der Waals surface area contributed by atoms with Gasteiger partial charge < -0.3 is 5.21 Å². The number of aryl methyl sites for hydroxylation is 1. The molecule has 0 saturated carbocycles. The molecule has 1 N–H and O–H groups in total. The first-order valence-electron chi connectivity index (χ1n) is 8.23. The van der Waals surface area contributed by atoms with E-state index in [1.165, 1.54) is 12.1 Å². The van der Waals surface area contributed by atoms with Gasteiger partial charge in [-0.25, -0.2) is 8.78 Å². The molecule has 0 saturated heterocycles. The lowest BCUT2D eigenvalue weighted by molar-refractivity contribution is 0.315. The highest BCUT2D eigenvalue weighted by molar-refractivity contribution is 9.10. The first-order valence-corrected chi connectivity index (χ1v) is 9.02. The van der Waals surface area contributed by atoms with Crippen LogP contribution in [0.2, 0.25) is 0 Å². The van der Waals surface area contributed by atoms with Crippen LogP contribution in [0.15, 0.2) is 70.4 Å². The second kappa shape index (κ2) is 7.56. The van der Waals surface area contributed by atoms with Crippen LogP contribution >= 0.6 is 15.9 Å². The molecular weight excluding hydrogens is 414 g/mol. The van der Waals surface area contributed by atoms with Gasteiger partial charge in [0.25, 0.3) is 0 Å². The Labute approximate surface area is 164 Å². The van der Waals surface area contributed by atoms with Gasteiger partial charge in [0.1, 0.15) is 11.6 Å². The van der Waals surface area contributed by atoms with Crippen LogP contribution in [0, 0.1) is 18.6 Å². The van der Waals surface area contributed by atoms with Crippen LogP contribution in [0.1, 0.15) is 29.3 Å². The molecule has 0 amide bonds. The number of pyridine rings is 1. The van der Waals surface area contributed by atoms with Crippen molar-refractivity contribution in [2.24, 2.45) is 5.16 Å². The standard InChI is InChI=1S/C21H17BrF2N2O/c1-13-11-16(9-10-25-13)21(14(2)26-27,15-3-5-17(22)6-4-15)19-8-7-18(23)12-20(19)24/h3-12,27H,1-2H3. The van der Waals surface area contributed by atoms with Gasteiger partial charge in [-0.2, -0.15) is 0 Å². The second-order valence-electron chi connectivity index (χ2n) is 6.25. The first kappa shape index (κ1) is 19.2. The highest BCUT2D eigenvalue weighted by atomic mass is 79.9. The van der Waals surface area contributed by atoms with E-state index in [2.05, 4.69) is 26.1 Å². The van der Waals surface area contributed by atoms with Gasteiger partial charge in [0, 0.05) is 28.0 Å². The minimum absolute atomic E-state index is 0.187. The van der Waals surface area contributed by atoms with E-state index in [0.29, 0.717) is 11.1 Å². The topological polar surface area (TPSA) is 45.5 Å². The molecule has 3 rings (SSSR count). The zero-order chi connectivity index (χ0) is 19.6. The van der Waals surface area contributed by atoms with E-state index in [4.69, 9.17) is 0 Å². The summed E-state index contributed by atoms with van der Waals surface area (Å²) in [5, 5.41) is 13.1. The van der Waals surface area contributed by atoms with E-state index in [1.54, 1.807) is 25.3 Å². The lowest BCUT2D eigenvalue weighted by Gasteiger charge is -2.35. The normalized spacial score (nSPS) is 14.0. The van der Waals surface area contributed by atoms with Crippen LogP contribution in [0.5, 0.6) is 0 Å². The van der Waals surface area contributed by atoms with Crippen molar-refractivity contribution in [1.82, 2.24) is 4.98 Å². The molecule has 0 bridgehead atoms. The predicted molar refractivity (Wildman–Crippen MR) is 104 cm³/mol. The Morgan fingerprint density at radius 2 is 1.74 bits per heavy atom. The molecule has 3 aromatic rings. The molecule has 0 aliphatic carbocycles. The number of aromatic nitrogens is 1. The molecule has 0 aliphatic heterocycles. The van der Waals surface area contributed by atoms with Gasteiger partial charge in [0.2, 0.25) is 0 Å². The van der Waals surface area contributed by atoms with Gasteiger partial charge in [0.05, 0.1) is 11.1 Å². The number of nitrogens with zero attached hydrogens (tertiary/aromatic N) is 2. The molecular formula is C21H17BrF2N2O. The largest absolute Gasteiger partial charge is 0.411 e. The van der Waals surface area contributed by atoms with Crippen LogP contribution in [-0.2, 0) is 5.41 Å². The summed E-state index contributed by atoms with van der Waals surface area (Å²) in [7, 11) is 0. The fourth-order valence-corrected chi connectivity index (χ4v) is 3.70. The SMILES string of the molecule is CC(=NO)C(c1ccc(Br)cc1)(c1ccnc(C)c1)c1ccc(F)cc1F. The fourth-order valence-electron chi connectivity index (χ4n) is 3.44. The Morgan fingerprint density at radius 3 is 2.33 bits per heavy atom. The van der Waals surface area contributed by atoms with E-state index in [9.17, 15) is 14.0 Å². The Bertz CT molecular complexity index is 1010. The van der Waals surface area contributed by atoms with Crippen molar-refractivity contribution in [2.45, 2.75) is 19.3 Å². The van der Waals surface area contributed by atoms with Crippen molar-refractivity contribution < 1.29 is 14.0 Å². The molecule has 3 nitrogen and oxygen atoms in total. The van der Waals surface area contributed by atoms with Crippen LogP contribution in [0.3, 0.4) is 0 Å². The van der Waals surface area contributed by atoms with Crippen LogP contribution in [-0.4, -0.2) is 15.9 Å². The van der Waals surface area contributed by atoms with E-state index in [0.717, 1.165) is 16.2 Å². The molecule has 2 aromatic carbocycles. The molecule has 1 aromatic heterocycles. The van der Waals surface area contributed by atoms with Crippen molar-refractivity contribution in [2.75, 3.05) is 0 Å². The van der Waals surface area contributed by atoms with Gasteiger partial charge in [-0.05, 0) is 55.3 Å². The molecule has 0 aliphatic rings. The third-order valence-corrected chi connectivity index (χ3v) is 5.16. The summed E-state index contributed by atoms with van der Waals surface area (Å²) in [4.78, 5) is 4.21. The zero-order valence-electron chi connectivity index (χ0n) is 14.7. The number of rotatable bonds is 4. The molecule has 1 unspecified atom stereocenters. The van der Waals surface area contributed by atoms with Crippen molar-refractivity contribution in [3.63, 3.8) is 0 Å². The molecule has 0 radical (unpaired) electrons. The van der Waals surface area contributed by atoms with E-state index in [-0.39, 0.29) is 11.3 Å². The maximum Gasteiger partial charge on any atom is 0.130 e. The van der Waals surface area contributed by atoms with Gasteiger partial charge >= 0.3 is 0 Å². The average molecular weight is 431 g/mol. The minimum atomic E-state index is -1.25. The number of hydrogen-bond donors (Lipinski definition) is 1. The van der Waals surface area contributed by atoms with Crippen LogP contribution < -0.4 is 0 Å². The lowest BCUT2D eigenvalue weighted by atomic mass is 9.66. The zero-order valence-corrected chi connectivity index (χ0v) is 16.3. The molecule has 6 heteroatoms. The quantitative estimate of drug-likeness (QED) is 0.331. The van der Waals surface area contributed by atoms with Crippen molar-refractivity contribution in [1.29, 1.82) is 0 Å². The highest BCUT2D eigenvalue weighted by Gasteiger charge is 2.42. The Morgan fingerprint density at radius 1 is 1.04 bits per heavy atom. The van der Waals surface area contributed by atoms with Gasteiger partial charge in [-0.3, -0.25) is 4.98 Å². The fraction of sp³-hybridized carbons (Fsp3) is 0.143. The third-order valence-electron chi connectivity index (χ3n) is 4.63. The molecule has 27 heavy (non-hydrogen) atoms. The summed E-state index contributed by atoms with van der Waals surface area (Å²) in [6.45, 7) is 3.43. The minimum Gasteiger partial charge on any atom is -0.411 e. The summed E-state index contributed by atoms with van der Waals surface area (Å²) in [5.74, 6) is -1.40. The van der Waals surface area contributed by atoms with Gasteiger partial charge in [-0.1, -0.05) is 39.3 Å². The lowest BCUT2D eigenvalue weighted by Crippen LogP contribution is -2.38. The van der Waals surface area contributed by atoms with Gasteiger partial charge in [-0.15, -0.1) is 0 Å². The number of benzene rings is 2. The first-order chi connectivity index (χ1) is 12.9. The average Bonchev–Trinajstić information content (AvgIpc) is 2.65. The Kier molecular flexibility index (Phi) is 5.37. The van der Waals surface area contributed by atoms with Crippen LogP contribution in [0.4, 0.5) is 8.78 Å². The second-order valence-corrected chi connectivity index (χ2v) is 7.17. The maximum atomic E-state index is 15.0. The molecule has 1 atom stereocenters. The number of hydrogen-bond acceptors (Lipinski definition) is 3. The maximum absolute atomic E-state index is 15.0. The van der Waals surface area contributed by atoms with Gasteiger partial charge in [0.15, 0.2) is 0 Å². The summed E-state index contributed by atoms with van der Waals surface area (Å²) in [6.07, 6.45) is 1.62. The number of halogens is 3. The van der Waals surface area contributed by atoms with Crippen molar-refractivity contribution in [3.05, 3.63) is 99.3 Å². The smallest absolute Gasteiger partial charge is 0.130 e. The van der Waals surface area contributed by atoms with E-state index >= 15 is 0 Å². The molecule has 0 spiro atoms. The van der Waals surface area contributed by atoms with Crippen molar-refractivity contribution in [3.8, 4) is 0 Å². The highest BCUT2D eigenvalue weighted by Crippen LogP contribution is 2.42. The van der Waals surface area contributed by atoms with E-state index in [1.807, 2.05) is 31.2 Å². The summed E-state index contributed by atoms with van der Waals surface area (Å²) >= 11 is 3.40. The Balaban J connectivity index is 2.47. The summed E-state index contributed by atoms with van der Waals surface area (Å²) < 4.78 is 29.4. The monoisotopic (exact) mass is 430 g/mol. The third kappa shape index (κ3) is 3.37. The molecule has 0 fully saturated rings. The molecule has 1 heterocycles. The van der Waals surface area contributed by atoms with Crippen LogP contribution in [0.25, 0.3) is 0 Å². The van der Waals surface area contributed by atoms with Crippen molar-refractivity contribution >= 4 is 21.6 Å². The predicted octanol–water partition coefficient (Wildman–Crippen LogP) is 5.62. The number of oxime groups is 1. The van der Waals surface area contributed by atoms with E-state index < -0.39 is 17.0 Å². The summed E-state index contributed by atoms with van der Waals surface area (Å²) in [6, 6.07) is 14.2.